The van der Waals surface area contributed by atoms with Crippen LogP contribution >= 0.6 is 22.9 Å². The number of aryl methyl sites for hydroxylation is 1. The highest BCUT2D eigenvalue weighted by Gasteiger charge is 2.27. The molecule has 0 aliphatic rings. The van der Waals surface area contributed by atoms with Gasteiger partial charge in [0.05, 0.1) is 0 Å². The highest BCUT2D eigenvalue weighted by Crippen LogP contribution is 2.28. The number of anilines is 1. The molecule has 0 spiro atoms. The summed E-state index contributed by atoms with van der Waals surface area (Å²) in [5, 5.41) is 10.6. The fraction of sp³-hybridized carbons (Fsp3) is 0.100. The van der Waals surface area contributed by atoms with Gasteiger partial charge >= 0.3 is 5.97 Å². The molecule has 2 heterocycles. The van der Waals surface area contributed by atoms with E-state index in [1.165, 1.54) is 18.4 Å². The number of aromatic nitrogens is 2. The molecule has 0 radical (unpaired) electrons. The summed E-state index contributed by atoms with van der Waals surface area (Å²) in [7, 11) is -4.06. The number of carbonyl (C=O) groups is 1. The molecule has 106 valence electrons. The Kier molecular flexibility index (Phi) is 3.93. The van der Waals surface area contributed by atoms with Crippen LogP contribution in [0.3, 0.4) is 0 Å². The van der Waals surface area contributed by atoms with Gasteiger partial charge in [0.1, 0.15) is 27.1 Å². The van der Waals surface area contributed by atoms with Crippen molar-refractivity contribution in [2.45, 2.75) is 11.8 Å². The first kappa shape index (κ1) is 14.7. The summed E-state index contributed by atoms with van der Waals surface area (Å²) in [6.07, 6.45) is 1.10. The van der Waals surface area contributed by atoms with E-state index in [-0.39, 0.29) is 20.7 Å². The smallest absolute Gasteiger partial charge is 0.347 e. The third-order valence-corrected chi connectivity index (χ3v) is 5.22. The van der Waals surface area contributed by atoms with Crippen LogP contribution in [-0.4, -0.2) is 29.5 Å². The maximum Gasteiger partial charge on any atom is 0.347 e. The number of nitrogens with zero attached hydrogens (tertiary/aromatic N) is 2. The number of carboxylic acids is 1. The van der Waals surface area contributed by atoms with Gasteiger partial charge in [-0.2, -0.15) is 0 Å². The maximum atomic E-state index is 12.2. The van der Waals surface area contributed by atoms with E-state index in [0.29, 0.717) is 5.56 Å². The molecule has 0 bridgehead atoms. The molecule has 0 aliphatic heterocycles. The number of hydrogen-bond acceptors (Lipinski definition) is 6. The summed E-state index contributed by atoms with van der Waals surface area (Å²) < 4.78 is 26.7. The quantitative estimate of drug-likeness (QED) is 0.828. The zero-order chi connectivity index (χ0) is 14.9. The van der Waals surface area contributed by atoms with E-state index < -0.39 is 16.0 Å². The van der Waals surface area contributed by atoms with Crippen molar-refractivity contribution in [3.8, 4) is 0 Å². The molecule has 0 atom stereocenters. The summed E-state index contributed by atoms with van der Waals surface area (Å²) in [5.41, 5.74) is 0.347. The normalized spacial score (nSPS) is 11.3. The molecule has 0 fully saturated rings. The zero-order valence-electron chi connectivity index (χ0n) is 9.99. The lowest BCUT2D eigenvalue weighted by Crippen LogP contribution is -2.17. The molecule has 2 rings (SSSR count). The van der Waals surface area contributed by atoms with E-state index in [9.17, 15) is 13.2 Å². The number of carboxylic acid groups (broad SMARTS) is 1. The van der Waals surface area contributed by atoms with E-state index in [1.807, 2.05) is 0 Å². The Morgan fingerprint density at radius 1 is 1.45 bits per heavy atom. The van der Waals surface area contributed by atoms with Gasteiger partial charge < -0.3 is 5.11 Å². The molecule has 7 nitrogen and oxygen atoms in total. The highest BCUT2D eigenvalue weighted by atomic mass is 35.5. The van der Waals surface area contributed by atoms with E-state index in [0.717, 1.165) is 17.7 Å². The predicted octanol–water partition coefficient (Wildman–Crippen LogP) is 2.00. The molecule has 0 saturated carbocycles. The number of rotatable bonds is 4. The molecule has 0 unspecified atom stereocenters. The van der Waals surface area contributed by atoms with Gasteiger partial charge in [0, 0.05) is 6.07 Å². The van der Waals surface area contributed by atoms with Crippen LogP contribution < -0.4 is 4.72 Å². The summed E-state index contributed by atoms with van der Waals surface area (Å²) in [5.74, 6) is -1.34. The van der Waals surface area contributed by atoms with Crippen molar-refractivity contribution in [3.63, 3.8) is 0 Å². The molecule has 10 heteroatoms. The lowest BCUT2D eigenvalue weighted by Gasteiger charge is -2.08. The van der Waals surface area contributed by atoms with Gasteiger partial charge in [0.15, 0.2) is 0 Å². The van der Waals surface area contributed by atoms with Crippen LogP contribution in [0, 0.1) is 6.92 Å². The molecule has 2 N–H and O–H groups in total. The Balaban J connectivity index is 2.46. The van der Waals surface area contributed by atoms with Crippen LogP contribution in [0.5, 0.6) is 0 Å². The van der Waals surface area contributed by atoms with Gasteiger partial charge in [-0.15, -0.1) is 11.3 Å². The van der Waals surface area contributed by atoms with E-state index in [4.69, 9.17) is 16.7 Å². The van der Waals surface area contributed by atoms with Crippen LogP contribution in [0.4, 0.5) is 5.82 Å². The maximum absolute atomic E-state index is 12.2. The topological polar surface area (TPSA) is 109 Å². The highest BCUT2D eigenvalue weighted by molar-refractivity contribution is 7.93. The molecule has 0 aliphatic carbocycles. The van der Waals surface area contributed by atoms with Gasteiger partial charge in [-0.25, -0.2) is 23.2 Å². The summed E-state index contributed by atoms with van der Waals surface area (Å²) in [6.45, 7) is 1.52. The minimum atomic E-state index is -4.06. The molecule has 0 saturated heterocycles. The predicted molar refractivity (Wildman–Crippen MR) is 73.9 cm³/mol. The fourth-order valence-electron chi connectivity index (χ4n) is 1.49. The van der Waals surface area contributed by atoms with Crippen molar-refractivity contribution in [1.82, 2.24) is 9.97 Å². The Hall–Kier alpha value is -1.71. The van der Waals surface area contributed by atoms with Crippen molar-refractivity contribution in [2.75, 3.05) is 4.72 Å². The molecule has 2 aromatic heterocycles. The van der Waals surface area contributed by atoms with Crippen LogP contribution in [-0.2, 0) is 10.0 Å². The molecule has 2 aromatic rings. The second-order valence-corrected chi connectivity index (χ2v) is 6.60. The lowest BCUT2D eigenvalue weighted by molar-refractivity contribution is 0.0698. The van der Waals surface area contributed by atoms with Gasteiger partial charge in [0.2, 0.25) is 0 Å². The van der Waals surface area contributed by atoms with Gasteiger partial charge in [-0.3, -0.25) is 4.72 Å². The molecule has 20 heavy (non-hydrogen) atoms. The number of thiophene rings is 1. The van der Waals surface area contributed by atoms with Crippen LogP contribution in [0.1, 0.15) is 15.2 Å². The first-order valence-electron chi connectivity index (χ1n) is 5.13. The Morgan fingerprint density at radius 2 is 2.15 bits per heavy atom. The summed E-state index contributed by atoms with van der Waals surface area (Å²) in [6, 6.07) is 1.22. The number of hydrogen-bond donors (Lipinski definition) is 2. The van der Waals surface area contributed by atoms with Gasteiger partial charge in [-0.1, -0.05) is 11.6 Å². The molecule has 0 amide bonds. The van der Waals surface area contributed by atoms with Crippen molar-refractivity contribution in [2.24, 2.45) is 0 Å². The third kappa shape index (κ3) is 2.89. The van der Waals surface area contributed by atoms with Crippen molar-refractivity contribution in [3.05, 3.63) is 33.4 Å². The third-order valence-electron chi connectivity index (χ3n) is 2.25. The average Bonchev–Trinajstić information content (AvgIpc) is 2.71. The molecule has 0 aromatic carbocycles. The van der Waals surface area contributed by atoms with Crippen molar-refractivity contribution >= 4 is 44.7 Å². The fourth-order valence-corrected chi connectivity index (χ4v) is 4.27. The van der Waals surface area contributed by atoms with E-state index in [2.05, 4.69) is 14.7 Å². The second-order valence-electron chi connectivity index (χ2n) is 3.71. The van der Waals surface area contributed by atoms with Crippen molar-refractivity contribution < 1.29 is 18.3 Å². The first-order chi connectivity index (χ1) is 9.31. The van der Waals surface area contributed by atoms with Crippen LogP contribution in [0.2, 0.25) is 5.15 Å². The minimum Gasteiger partial charge on any atom is -0.477 e. The number of sulfonamides is 1. The largest absolute Gasteiger partial charge is 0.477 e. The van der Waals surface area contributed by atoms with E-state index >= 15 is 0 Å². The SMILES string of the molecule is Cc1csc(C(=O)O)c1S(=O)(=O)Nc1cc(Cl)ncn1. The average molecular weight is 334 g/mol. The molecular formula is C10H8ClN3O4S2. The number of halogens is 1. The zero-order valence-corrected chi connectivity index (χ0v) is 12.4. The summed E-state index contributed by atoms with van der Waals surface area (Å²) >= 11 is 6.48. The Labute approximate surface area is 123 Å². The number of aromatic carboxylic acids is 1. The van der Waals surface area contributed by atoms with Crippen molar-refractivity contribution in [1.29, 1.82) is 0 Å². The molecular weight excluding hydrogens is 326 g/mol. The van der Waals surface area contributed by atoms with Crippen LogP contribution in [0.15, 0.2) is 22.7 Å². The number of nitrogens with one attached hydrogen (secondary N) is 1. The second kappa shape index (κ2) is 5.35. The summed E-state index contributed by atoms with van der Waals surface area (Å²) in [4.78, 5) is 17.9. The minimum absolute atomic E-state index is 0.0352. The monoisotopic (exact) mass is 333 g/mol. The van der Waals surface area contributed by atoms with E-state index in [1.54, 1.807) is 0 Å². The lowest BCUT2D eigenvalue weighted by atomic mass is 10.3. The standard InChI is InChI=1S/C10H8ClN3O4S2/c1-5-3-19-8(10(15)16)9(5)20(17,18)14-7-2-6(11)12-4-13-7/h2-4H,1H3,(H,15,16)(H,12,13,14). The van der Waals surface area contributed by atoms with Gasteiger partial charge in [0.25, 0.3) is 10.0 Å². The van der Waals surface area contributed by atoms with Gasteiger partial charge in [-0.05, 0) is 17.9 Å². The Morgan fingerprint density at radius 3 is 2.75 bits per heavy atom. The van der Waals surface area contributed by atoms with Crippen LogP contribution in [0.25, 0.3) is 0 Å². The first-order valence-corrected chi connectivity index (χ1v) is 7.87. The Bertz CT molecular complexity index is 773.